The van der Waals surface area contributed by atoms with Crippen molar-refractivity contribution in [3.8, 4) is 6.07 Å². The predicted octanol–water partition coefficient (Wildman–Crippen LogP) is 2.44. The summed E-state index contributed by atoms with van der Waals surface area (Å²) in [4.78, 5) is 15.8. The molecule has 5 heteroatoms. The number of pyridine rings is 1. The maximum Gasteiger partial charge on any atom is 0.262 e. The van der Waals surface area contributed by atoms with Crippen LogP contribution < -0.4 is 5.32 Å². The first-order valence-electron chi connectivity index (χ1n) is 6.23. The van der Waals surface area contributed by atoms with Crippen molar-refractivity contribution in [2.45, 2.75) is 6.54 Å². The zero-order valence-electron chi connectivity index (χ0n) is 11.1. The van der Waals surface area contributed by atoms with Gasteiger partial charge in [0.1, 0.15) is 17.5 Å². The lowest BCUT2D eigenvalue weighted by Gasteiger charge is -2.04. The zero-order chi connectivity index (χ0) is 15.1. The van der Waals surface area contributed by atoms with E-state index in [1.54, 1.807) is 30.6 Å². The lowest BCUT2D eigenvalue weighted by atomic mass is 10.1. The number of carbonyl (C=O) groups excluding carboxylic acids is 1. The monoisotopic (exact) mass is 281 g/mol. The summed E-state index contributed by atoms with van der Waals surface area (Å²) >= 11 is 0. The highest BCUT2D eigenvalue weighted by atomic mass is 19.1. The number of amides is 1. The summed E-state index contributed by atoms with van der Waals surface area (Å²) in [5, 5.41) is 11.7. The largest absolute Gasteiger partial charge is 0.347 e. The van der Waals surface area contributed by atoms with E-state index in [4.69, 9.17) is 5.26 Å². The molecule has 21 heavy (non-hydrogen) atoms. The van der Waals surface area contributed by atoms with Crippen molar-refractivity contribution in [2.24, 2.45) is 0 Å². The van der Waals surface area contributed by atoms with Crippen LogP contribution in [0, 0.1) is 17.1 Å². The lowest BCUT2D eigenvalue weighted by molar-refractivity contribution is -0.117. The highest BCUT2D eigenvalue weighted by Crippen LogP contribution is 2.09. The molecule has 0 spiro atoms. The molecule has 2 rings (SSSR count). The van der Waals surface area contributed by atoms with Crippen LogP contribution in [0.1, 0.15) is 11.1 Å². The molecule has 104 valence electrons. The first kappa shape index (κ1) is 14.4. The SMILES string of the molecule is N#C/C(=C\c1cccc(F)c1)C(=O)NCc1ccncc1. The Morgan fingerprint density at radius 1 is 1.33 bits per heavy atom. The van der Waals surface area contributed by atoms with Crippen LogP contribution in [-0.2, 0) is 11.3 Å². The second-order valence-electron chi connectivity index (χ2n) is 4.26. The summed E-state index contributed by atoms with van der Waals surface area (Å²) in [6.07, 6.45) is 4.59. The molecule has 4 nitrogen and oxygen atoms in total. The van der Waals surface area contributed by atoms with Gasteiger partial charge in [-0.15, -0.1) is 0 Å². The van der Waals surface area contributed by atoms with Crippen LogP contribution in [-0.4, -0.2) is 10.9 Å². The van der Waals surface area contributed by atoms with Gasteiger partial charge >= 0.3 is 0 Å². The number of rotatable bonds is 4. The van der Waals surface area contributed by atoms with Crippen LogP contribution >= 0.6 is 0 Å². The number of nitrogens with zero attached hydrogens (tertiary/aromatic N) is 2. The molecule has 0 atom stereocenters. The number of hydrogen-bond acceptors (Lipinski definition) is 3. The van der Waals surface area contributed by atoms with Crippen molar-refractivity contribution in [3.63, 3.8) is 0 Å². The van der Waals surface area contributed by atoms with Crippen LogP contribution in [0.2, 0.25) is 0 Å². The summed E-state index contributed by atoms with van der Waals surface area (Å²) in [5.74, 6) is -0.920. The van der Waals surface area contributed by atoms with Gasteiger partial charge in [-0.3, -0.25) is 9.78 Å². The first-order chi connectivity index (χ1) is 10.2. The van der Waals surface area contributed by atoms with E-state index in [0.717, 1.165) is 5.56 Å². The van der Waals surface area contributed by atoms with Crippen LogP contribution in [0.5, 0.6) is 0 Å². The predicted molar refractivity (Wildman–Crippen MR) is 76.1 cm³/mol. The fraction of sp³-hybridized carbons (Fsp3) is 0.0625. The van der Waals surface area contributed by atoms with Crippen molar-refractivity contribution in [2.75, 3.05) is 0 Å². The van der Waals surface area contributed by atoms with Gasteiger partial charge in [0.2, 0.25) is 0 Å². The minimum Gasteiger partial charge on any atom is -0.347 e. The topological polar surface area (TPSA) is 65.8 Å². The quantitative estimate of drug-likeness (QED) is 0.691. The second kappa shape index (κ2) is 6.96. The van der Waals surface area contributed by atoms with Crippen molar-refractivity contribution >= 4 is 12.0 Å². The third kappa shape index (κ3) is 4.25. The molecule has 0 fully saturated rings. The number of nitrogens with one attached hydrogen (secondary N) is 1. The molecule has 0 saturated heterocycles. The molecule has 1 aromatic heterocycles. The Labute approximate surface area is 121 Å². The summed E-state index contributed by atoms with van der Waals surface area (Å²) < 4.78 is 13.1. The maximum atomic E-state index is 13.1. The Morgan fingerprint density at radius 3 is 2.76 bits per heavy atom. The number of carbonyl (C=O) groups is 1. The number of aromatic nitrogens is 1. The van der Waals surface area contributed by atoms with Gasteiger partial charge in [-0.1, -0.05) is 12.1 Å². The number of halogens is 1. The highest BCUT2D eigenvalue weighted by Gasteiger charge is 2.08. The van der Waals surface area contributed by atoms with Crippen LogP contribution in [0.3, 0.4) is 0 Å². The van der Waals surface area contributed by atoms with Gasteiger partial charge in [-0.2, -0.15) is 5.26 Å². The van der Waals surface area contributed by atoms with E-state index in [-0.39, 0.29) is 5.57 Å². The minimum absolute atomic E-state index is 0.0744. The van der Waals surface area contributed by atoms with Gasteiger partial charge in [0.15, 0.2) is 0 Å². The second-order valence-corrected chi connectivity index (χ2v) is 4.26. The minimum atomic E-state index is -0.501. The summed E-state index contributed by atoms with van der Waals surface area (Å²) in [6, 6.07) is 11.0. The fourth-order valence-electron chi connectivity index (χ4n) is 1.69. The Hall–Kier alpha value is -3.00. The third-order valence-electron chi connectivity index (χ3n) is 2.73. The molecule has 0 saturated carbocycles. The third-order valence-corrected chi connectivity index (χ3v) is 2.73. The molecule has 0 aliphatic heterocycles. The van der Waals surface area contributed by atoms with E-state index < -0.39 is 11.7 Å². The van der Waals surface area contributed by atoms with Crippen LogP contribution in [0.15, 0.2) is 54.4 Å². The van der Waals surface area contributed by atoms with Crippen molar-refractivity contribution in [1.82, 2.24) is 10.3 Å². The van der Waals surface area contributed by atoms with Crippen molar-refractivity contribution in [1.29, 1.82) is 5.26 Å². The van der Waals surface area contributed by atoms with Crippen molar-refractivity contribution in [3.05, 3.63) is 71.3 Å². The van der Waals surface area contributed by atoms with Gasteiger partial charge < -0.3 is 5.32 Å². The number of nitriles is 1. The fourth-order valence-corrected chi connectivity index (χ4v) is 1.69. The van der Waals surface area contributed by atoms with Gasteiger partial charge in [0, 0.05) is 18.9 Å². The molecule has 0 aliphatic carbocycles. The van der Waals surface area contributed by atoms with E-state index >= 15 is 0 Å². The summed E-state index contributed by atoms with van der Waals surface area (Å²) in [5.41, 5.74) is 1.27. The molecule has 0 unspecified atom stereocenters. The Morgan fingerprint density at radius 2 is 2.10 bits per heavy atom. The van der Waals surface area contributed by atoms with Crippen LogP contribution in [0.4, 0.5) is 4.39 Å². The Kier molecular flexibility index (Phi) is 4.78. The maximum absolute atomic E-state index is 13.1. The highest BCUT2D eigenvalue weighted by molar-refractivity contribution is 6.01. The molecular weight excluding hydrogens is 269 g/mol. The number of hydrogen-bond donors (Lipinski definition) is 1. The van der Waals surface area contributed by atoms with E-state index in [2.05, 4.69) is 10.3 Å². The Bertz CT molecular complexity index is 705. The molecule has 1 heterocycles. The zero-order valence-corrected chi connectivity index (χ0v) is 11.1. The molecule has 2 aromatic rings. The molecule has 1 N–H and O–H groups in total. The molecular formula is C16H12FN3O. The molecule has 0 radical (unpaired) electrons. The average Bonchev–Trinajstić information content (AvgIpc) is 2.51. The van der Waals surface area contributed by atoms with E-state index in [0.29, 0.717) is 12.1 Å². The lowest BCUT2D eigenvalue weighted by Crippen LogP contribution is -2.23. The van der Waals surface area contributed by atoms with Gasteiger partial charge in [0.25, 0.3) is 5.91 Å². The Balaban J connectivity index is 2.07. The van der Waals surface area contributed by atoms with E-state index in [1.165, 1.54) is 24.3 Å². The number of benzene rings is 1. The van der Waals surface area contributed by atoms with Crippen molar-refractivity contribution < 1.29 is 9.18 Å². The average molecular weight is 281 g/mol. The standard InChI is InChI=1S/C16H12FN3O/c17-15-3-1-2-13(9-15)8-14(10-18)16(21)20-11-12-4-6-19-7-5-12/h1-9H,11H2,(H,20,21)/b14-8+. The molecule has 1 amide bonds. The molecule has 0 aliphatic rings. The normalized spacial score (nSPS) is 10.8. The van der Waals surface area contributed by atoms with E-state index in [1.807, 2.05) is 6.07 Å². The first-order valence-corrected chi connectivity index (χ1v) is 6.23. The van der Waals surface area contributed by atoms with Gasteiger partial charge in [-0.25, -0.2) is 4.39 Å². The molecule has 0 bridgehead atoms. The van der Waals surface area contributed by atoms with Gasteiger partial charge in [0.05, 0.1) is 0 Å². The van der Waals surface area contributed by atoms with Crippen LogP contribution in [0.25, 0.3) is 6.08 Å². The smallest absolute Gasteiger partial charge is 0.262 e. The summed E-state index contributed by atoms with van der Waals surface area (Å²) in [6.45, 7) is 0.295. The van der Waals surface area contributed by atoms with E-state index in [9.17, 15) is 9.18 Å². The van der Waals surface area contributed by atoms with Gasteiger partial charge in [-0.05, 0) is 41.5 Å². The molecule has 1 aromatic carbocycles. The summed E-state index contributed by atoms with van der Waals surface area (Å²) in [7, 11) is 0.